The molecule has 2 aromatic rings. The number of rotatable bonds is 6. The molecular weight excluding hydrogens is 410 g/mol. The summed E-state index contributed by atoms with van der Waals surface area (Å²) in [5, 5.41) is 3.16. The molecule has 0 spiro atoms. The average Bonchev–Trinajstić information content (AvgIpc) is 3.22. The Bertz CT molecular complexity index is 1020. The van der Waals surface area contributed by atoms with Gasteiger partial charge in [-0.05, 0) is 48.6 Å². The smallest absolute Gasteiger partial charge is 0.322 e. The summed E-state index contributed by atoms with van der Waals surface area (Å²) in [6.07, 6.45) is 6.33. The molecule has 1 N–H and O–H groups in total. The number of urea groups is 1. The fraction of sp³-hybridized carbons (Fsp3) is 0.458. The third kappa shape index (κ3) is 4.77. The van der Waals surface area contributed by atoms with Crippen LogP contribution in [0.1, 0.15) is 50.2 Å². The van der Waals surface area contributed by atoms with Crippen molar-refractivity contribution in [2.75, 3.05) is 18.0 Å². The zero-order valence-corrected chi connectivity index (χ0v) is 18.9. The Labute approximate surface area is 185 Å². The maximum absolute atomic E-state index is 13.3. The van der Waals surface area contributed by atoms with E-state index < -0.39 is 10.0 Å². The third-order valence-corrected chi connectivity index (χ3v) is 8.23. The van der Waals surface area contributed by atoms with Crippen LogP contribution in [-0.4, -0.2) is 37.9 Å². The van der Waals surface area contributed by atoms with Gasteiger partial charge in [0.2, 0.25) is 10.0 Å². The fourth-order valence-corrected chi connectivity index (χ4v) is 6.04. The highest BCUT2D eigenvalue weighted by atomic mass is 32.2. The minimum absolute atomic E-state index is 0.0690. The Morgan fingerprint density at radius 1 is 1.10 bits per heavy atom. The van der Waals surface area contributed by atoms with Gasteiger partial charge in [-0.1, -0.05) is 56.5 Å². The van der Waals surface area contributed by atoms with E-state index in [-0.39, 0.29) is 12.1 Å². The number of nitrogens with one attached hydrogen (secondary N) is 1. The van der Waals surface area contributed by atoms with Crippen LogP contribution in [0.5, 0.6) is 0 Å². The van der Waals surface area contributed by atoms with Gasteiger partial charge in [0.15, 0.2) is 0 Å². The topological polar surface area (TPSA) is 69.7 Å². The summed E-state index contributed by atoms with van der Waals surface area (Å²) in [6.45, 7) is 3.17. The zero-order valence-electron chi connectivity index (χ0n) is 18.1. The SMILES string of the molecule is CCN(Cc1ccccc1)S(=O)(=O)c1ccc2c(c1)CCN2C(=O)NC1CCCCC1. The summed E-state index contributed by atoms with van der Waals surface area (Å²) in [4.78, 5) is 14.8. The molecule has 2 amide bonds. The van der Waals surface area contributed by atoms with Gasteiger partial charge in [0, 0.05) is 31.4 Å². The molecule has 1 heterocycles. The first-order chi connectivity index (χ1) is 15.0. The Morgan fingerprint density at radius 3 is 2.55 bits per heavy atom. The summed E-state index contributed by atoms with van der Waals surface area (Å²) in [5.41, 5.74) is 2.69. The number of carbonyl (C=O) groups excluding carboxylic acids is 1. The molecule has 31 heavy (non-hydrogen) atoms. The number of nitrogens with zero attached hydrogens (tertiary/aromatic N) is 2. The summed E-state index contributed by atoms with van der Waals surface area (Å²) in [6, 6.07) is 15.0. The second-order valence-corrected chi connectivity index (χ2v) is 10.3. The number of hydrogen-bond acceptors (Lipinski definition) is 3. The van der Waals surface area contributed by atoms with Gasteiger partial charge < -0.3 is 5.32 Å². The number of sulfonamides is 1. The van der Waals surface area contributed by atoms with Crippen LogP contribution in [-0.2, 0) is 23.0 Å². The van der Waals surface area contributed by atoms with Crippen LogP contribution in [0.15, 0.2) is 53.4 Å². The van der Waals surface area contributed by atoms with Gasteiger partial charge in [-0.15, -0.1) is 0 Å². The monoisotopic (exact) mass is 441 g/mol. The summed E-state index contributed by atoms with van der Waals surface area (Å²) in [5.74, 6) is 0. The van der Waals surface area contributed by atoms with Gasteiger partial charge in [-0.25, -0.2) is 13.2 Å². The molecule has 0 aromatic heterocycles. The minimum Gasteiger partial charge on any atom is -0.335 e. The standard InChI is InChI=1S/C24H31N3O3S/c1-2-26(18-19-9-5-3-6-10-19)31(29,30)22-13-14-23-20(17-22)15-16-27(23)24(28)25-21-11-7-4-8-12-21/h3,5-6,9-10,13-14,17,21H,2,4,7-8,11-12,15-16,18H2,1H3,(H,25,28). The van der Waals surface area contributed by atoms with Crippen LogP contribution in [0.2, 0.25) is 0 Å². The van der Waals surface area contributed by atoms with Crippen LogP contribution in [0, 0.1) is 0 Å². The Balaban J connectivity index is 1.50. The number of hydrogen-bond donors (Lipinski definition) is 1. The molecule has 2 aromatic carbocycles. The van der Waals surface area contributed by atoms with E-state index in [4.69, 9.17) is 0 Å². The molecule has 2 aliphatic rings. The molecule has 0 saturated heterocycles. The third-order valence-electron chi connectivity index (χ3n) is 6.32. The van der Waals surface area contributed by atoms with Crippen LogP contribution < -0.4 is 10.2 Å². The molecule has 0 bridgehead atoms. The van der Waals surface area contributed by atoms with E-state index in [1.165, 1.54) is 23.6 Å². The quantitative estimate of drug-likeness (QED) is 0.727. The molecule has 0 radical (unpaired) electrons. The van der Waals surface area contributed by atoms with Crippen LogP contribution in [0.3, 0.4) is 0 Å². The van der Waals surface area contributed by atoms with Gasteiger partial charge in [-0.2, -0.15) is 4.31 Å². The lowest BCUT2D eigenvalue weighted by Gasteiger charge is -2.26. The molecule has 6 nitrogen and oxygen atoms in total. The van der Waals surface area contributed by atoms with Gasteiger partial charge in [-0.3, -0.25) is 4.90 Å². The van der Waals surface area contributed by atoms with E-state index in [1.54, 1.807) is 23.1 Å². The van der Waals surface area contributed by atoms with Crippen molar-refractivity contribution in [1.29, 1.82) is 0 Å². The maximum atomic E-state index is 13.3. The molecule has 1 aliphatic heterocycles. The van der Waals surface area contributed by atoms with E-state index in [9.17, 15) is 13.2 Å². The minimum atomic E-state index is -3.62. The van der Waals surface area contributed by atoms with Gasteiger partial charge in [0.1, 0.15) is 0 Å². The predicted octanol–water partition coefficient (Wildman–Crippen LogP) is 4.30. The second-order valence-electron chi connectivity index (χ2n) is 8.39. The lowest BCUT2D eigenvalue weighted by atomic mass is 9.96. The highest BCUT2D eigenvalue weighted by molar-refractivity contribution is 7.89. The van der Waals surface area contributed by atoms with Crippen molar-refractivity contribution < 1.29 is 13.2 Å². The van der Waals surface area contributed by atoms with E-state index in [0.29, 0.717) is 31.0 Å². The number of carbonyl (C=O) groups is 1. The number of anilines is 1. The van der Waals surface area contributed by atoms with Crippen molar-refractivity contribution >= 4 is 21.7 Å². The fourth-order valence-electron chi connectivity index (χ4n) is 4.55. The van der Waals surface area contributed by atoms with Crippen LogP contribution >= 0.6 is 0 Å². The van der Waals surface area contributed by atoms with Crippen molar-refractivity contribution in [2.24, 2.45) is 0 Å². The second kappa shape index (κ2) is 9.40. The van der Waals surface area contributed by atoms with E-state index in [1.807, 2.05) is 37.3 Å². The highest BCUT2D eigenvalue weighted by Crippen LogP contribution is 2.32. The van der Waals surface area contributed by atoms with Crippen molar-refractivity contribution in [3.05, 3.63) is 59.7 Å². The highest BCUT2D eigenvalue weighted by Gasteiger charge is 2.30. The number of benzene rings is 2. The number of amides is 2. The van der Waals surface area contributed by atoms with Crippen LogP contribution in [0.25, 0.3) is 0 Å². The maximum Gasteiger partial charge on any atom is 0.322 e. The van der Waals surface area contributed by atoms with Crippen molar-refractivity contribution in [3.63, 3.8) is 0 Å². The molecular formula is C24H31N3O3S. The first-order valence-electron chi connectivity index (χ1n) is 11.2. The molecule has 7 heteroatoms. The zero-order chi connectivity index (χ0) is 21.8. The van der Waals surface area contributed by atoms with Crippen LogP contribution in [0.4, 0.5) is 10.5 Å². The Morgan fingerprint density at radius 2 is 1.84 bits per heavy atom. The van der Waals surface area contributed by atoms with Gasteiger partial charge in [0.25, 0.3) is 0 Å². The van der Waals surface area contributed by atoms with Gasteiger partial charge >= 0.3 is 6.03 Å². The Hall–Kier alpha value is -2.38. The van der Waals surface area contributed by atoms with E-state index in [0.717, 1.165) is 29.7 Å². The predicted molar refractivity (Wildman–Crippen MR) is 123 cm³/mol. The first kappa shape index (κ1) is 21.8. The van der Waals surface area contributed by atoms with Crippen molar-refractivity contribution in [3.8, 4) is 0 Å². The summed E-state index contributed by atoms with van der Waals surface area (Å²) in [7, 11) is -3.62. The van der Waals surface area contributed by atoms with Crippen molar-refractivity contribution in [2.45, 2.75) is 62.9 Å². The average molecular weight is 442 g/mol. The molecule has 4 rings (SSSR count). The molecule has 0 atom stereocenters. The molecule has 1 fully saturated rings. The Kier molecular flexibility index (Phi) is 6.62. The molecule has 1 aliphatic carbocycles. The largest absolute Gasteiger partial charge is 0.335 e. The normalized spacial score (nSPS) is 17.0. The molecule has 1 saturated carbocycles. The van der Waals surface area contributed by atoms with Gasteiger partial charge in [0.05, 0.1) is 4.90 Å². The lowest BCUT2D eigenvalue weighted by molar-refractivity contribution is 0.238. The summed E-state index contributed by atoms with van der Waals surface area (Å²) < 4.78 is 28.1. The molecule has 0 unspecified atom stereocenters. The summed E-state index contributed by atoms with van der Waals surface area (Å²) >= 11 is 0. The lowest BCUT2D eigenvalue weighted by Crippen LogP contribution is -2.45. The first-order valence-corrected chi connectivity index (χ1v) is 12.7. The van der Waals surface area contributed by atoms with E-state index >= 15 is 0 Å². The van der Waals surface area contributed by atoms with Crippen molar-refractivity contribution in [1.82, 2.24) is 9.62 Å². The van der Waals surface area contributed by atoms with E-state index in [2.05, 4.69) is 5.32 Å². The molecule has 166 valence electrons. The number of fused-ring (bicyclic) bond motifs is 1.